The molecule has 1 saturated heterocycles. The van der Waals surface area contributed by atoms with Crippen molar-refractivity contribution in [3.8, 4) is 17.2 Å². The van der Waals surface area contributed by atoms with Crippen molar-refractivity contribution in [2.45, 2.75) is 12.3 Å². The molecule has 2 rings (SSSR count). The normalized spacial score (nSPS) is 16.1. The fourth-order valence-corrected chi connectivity index (χ4v) is 2.96. The van der Waals surface area contributed by atoms with E-state index in [0.29, 0.717) is 30.3 Å². The van der Waals surface area contributed by atoms with Crippen LogP contribution in [0.3, 0.4) is 0 Å². The number of carbonyl (C=O) groups is 1. The molecule has 1 N–H and O–H groups in total. The topological polar surface area (TPSA) is 52.4 Å². The number of hydrogen-bond acceptors (Lipinski definition) is 4. The molecule has 0 radical (unpaired) electrons. The van der Waals surface area contributed by atoms with E-state index in [9.17, 15) is 4.79 Å². The lowest BCUT2D eigenvalue weighted by molar-refractivity contribution is -0.837. The lowest BCUT2D eigenvalue weighted by Gasteiger charge is -2.32. The first-order chi connectivity index (χ1) is 11.0. The SMILES string of the molecule is COc1cc([NH+]2CCN(C(=O)C(C)Cl)CC2)cc(OC)c1OC.[Cl-]. The number of benzene rings is 1. The quantitative estimate of drug-likeness (QED) is 0.585. The number of carbonyl (C=O) groups excluding carboxylic acids is 1. The Balaban J connectivity index is 0.00000288. The summed E-state index contributed by atoms with van der Waals surface area (Å²) in [7, 11) is 4.80. The Labute approximate surface area is 154 Å². The minimum absolute atomic E-state index is 0. The van der Waals surface area contributed by atoms with Crippen LogP contribution in [0.5, 0.6) is 17.2 Å². The molecule has 0 aliphatic carbocycles. The summed E-state index contributed by atoms with van der Waals surface area (Å²) in [4.78, 5) is 15.0. The summed E-state index contributed by atoms with van der Waals surface area (Å²) in [5.41, 5.74) is 1.06. The smallest absolute Gasteiger partial charge is 0.240 e. The lowest BCUT2D eigenvalue weighted by atomic mass is 10.2. The third-order valence-corrected chi connectivity index (χ3v) is 4.28. The van der Waals surface area contributed by atoms with Crippen molar-refractivity contribution in [2.24, 2.45) is 0 Å². The molecule has 6 nitrogen and oxygen atoms in total. The summed E-state index contributed by atoms with van der Waals surface area (Å²) < 4.78 is 16.2. The van der Waals surface area contributed by atoms with Gasteiger partial charge < -0.3 is 31.5 Å². The van der Waals surface area contributed by atoms with E-state index in [2.05, 4.69) is 0 Å². The Morgan fingerprint density at radius 1 is 1.12 bits per heavy atom. The largest absolute Gasteiger partial charge is 1.00 e. The van der Waals surface area contributed by atoms with Crippen LogP contribution in [0.25, 0.3) is 0 Å². The molecule has 1 aliphatic rings. The predicted molar refractivity (Wildman–Crippen MR) is 88.3 cm³/mol. The van der Waals surface area contributed by atoms with Crippen LogP contribution in [-0.2, 0) is 4.79 Å². The highest BCUT2D eigenvalue weighted by Gasteiger charge is 2.28. The van der Waals surface area contributed by atoms with Crippen molar-refractivity contribution in [1.29, 1.82) is 0 Å². The van der Waals surface area contributed by atoms with Gasteiger partial charge in [0.2, 0.25) is 11.7 Å². The number of amides is 1. The molecule has 1 aromatic rings. The van der Waals surface area contributed by atoms with Gasteiger partial charge in [0.25, 0.3) is 0 Å². The average Bonchev–Trinajstić information content (AvgIpc) is 2.59. The second-order valence-electron chi connectivity index (χ2n) is 5.46. The van der Waals surface area contributed by atoms with Gasteiger partial charge in [-0.25, -0.2) is 0 Å². The summed E-state index contributed by atoms with van der Waals surface area (Å²) in [6.07, 6.45) is 0. The Hall–Kier alpha value is -1.37. The van der Waals surface area contributed by atoms with E-state index in [0.717, 1.165) is 18.8 Å². The zero-order valence-electron chi connectivity index (χ0n) is 14.4. The summed E-state index contributed by atoms with van der Waals surface area (Å²) in [6, 6.07) is 3.91. The van der Waals surface area contributed by atoms with Gasteiger partial charge in [0.05, 0.1) is 47.5 Å². The molecule has 0 aromatic heterocycles. The average molecular weight is 379 g/mol. The van der Waals surface area contributed by atoms with Crippen LogP contribution in [0.4, 0.5) is 5.69 Å². The van der Waals surface area contributed by atoms with Crippen LogP contribution < -0.4 is 31.5 Å². The predicted octanol–water partition coefficient (Wildman–Crippen LogP) is -2.30. The van der Waals surface area contributed by atoms with Crippen LogP contribution in [-0.4, -0.2) is 63.7 Å². The molecule has 1 aliphatic heterocycles. The van der Waals surface area contributed by atoms with Gasteiger partial charge in [-0.05, 0) is 6.92 Å². The number of halogens is 2. The Morgan fingerprint density at radius 2 is 1.62 bits per heavy atom. The summed E-state index contributed by atoms with van der Waals surface area (Å²) >= 11 is 5.88. The van der Waals surface area contributed by atoms with E-state index in [4.69, 9.17) is 25.8 Å². The van der Waals surface area contributed by atoms with Crippen LogP contribution >= 0.6 is 11.6 Å². The minimum Gasteiger partial charge on any atom is -1.00 e. The number of methoxy groups -OCH3 is 3. The fourth-order valence-electron chi connectivity index (χ4n) is 2.82. The standard InChI is InChI=1S/C16H23ClN2O4.ClH/c1-11(17)16(20)19-7-5-18(6-8-19)12-9-13(21-2)15(23-4)14(10-12)22-3;/h9-11H,5-8H2,1-4H3;1H. The zero-order chi connectivity index (χ0) is 17.0. The highest BCUT2D eigenvalue weighted by molar-refractivity contribution is 6.30. The number of rotatable bonds is 5. The highest BCUT2D eigenvalue weighted by Crippen LogP contribution is 2.38. The number of alkyl halides is 1. The Morgan fingerprint density at radius 3 is 2.00 bits per heavy atom. The molecule has 136 valence electrons. The van der Waals surface area contributed by atoms with Crippen molar-refractivity contribution < 1.29 is 36.3 Å². The fraction of sp³-hybridized carbons (Fsp3) is 0.562. The van der Waals surface area contributed by atoms with Gasteiger partial charge in [0.15, 0.2) is 11.5 Å². The van der Waals surface area contributed by atoms with E-state index in [1.54, 1.807) is 28.3 Å². The summed E-state index contributed by atoms with van der Waals surface area (Å²) in [6.45, 7) is 4.70. The van der Waals surface area contributed by atoms with Gasteiger partial charge in [-0.1, -0.05) is 0 Å². The monoisotopic (exact) mass is 378 g/mol. The van der Waals surface area contributed by atoms with Crippen LogP contribution in [0.2, 0.25) is 0 Å². The van der Waals surface area contributed by atoms with Gasteiger partial charge in [-0.2, -0.15) is 0 Å². The summed E-state index contributed by atoms with van der Waals surface area (Å²) in [5.74, 6) is 1.86. The second-order valence-corrected chi connectivity index (χ2v) is 6.11. The third kappa shape index (κ3) is 4.37. The zero-order valence-corrected chi connectivity index (χ0v) is 15.9. The van der Waals surface area contributed by atoms with Crippen LogP contribution in [0.1, 0.15) is 6.92 Å². The molecule has 24 heavy (non-hydrogen) atoms. The molecular formula is C16H24Cl2N2O4. The molecule has 0 spiro atoms. The van der Waals surface area contributed by atoms with Crippen molar-refractivity contribution in [2.75, 3.05) is 47.5 Å². The number of hydrogen-bond donors (Lipinski definition) is 1. The van der Waals surface area contributed by atoms with Gasteiger partial charge in [0.1, 0.15) is 11.1 Å². The molecule has 0 bridgehead atoms. The Bertz CT molecular complexity index is 536. The molecule has 1 fully saturated rings. The maximum atomic E-state index is 12.0. The molecule has 8 heteroatoms. The molecule has 1 aromatic carbocycles. The second kappa shape index (κ2) is 9.20. The number of piperazine rings is 1. The van der Waals surface area contributed by atoms with Gasteiger partial charge in [0, 0.05) is 12.1 Å². The van der Waals surface area contributed by atoms with Gasteiger partial charge >= 0.3 is 0 Å². The lowest BCUT2D eigenvalue weighted by Crippen LogP contribution is -3.10. The van der Waals surface area contributed by atoms with Crippen molar-refractivity contribution in [3.63, 3.8) is 0 Å². The van der Waals surface area contributed by atoms with E-state index in [-0.39, 0.29) is 18.3 Å². The molecule has 1 unspecified atom stereocenters. The molecule has 1 heterocycles. The highest BCUT2D eigenvalue weighted by atomic mass is 35.5. The van der Waals surface area contributed by atoms with Gasteiger partial charge in [-0.15, -0.1) is 11.6 Å². The van der Waals surface area contributed by atoms with Crippen LogP contribution in [0, 0.1) is 0 Å². The minimum atomic E-state index is -0.474. The molecule has 1 amide bonds. The molecule has 0 saturated carbocycles. The first-order valence-electron chi connectivity index (χ1n) is 7.59. The number of ether oxygens (including phenoxy) is 3. The maximum Gasteiger partial charge on any atom is 0.240 e. The first-order valence-corrected chi connectivity index (χ1v) is 8.03. The number of nitrogens with one attached hydrogen (secondary N) is 1. The summed E-state index contributed by atoms with van der Waals surface area (Å²) in [5, 5.41) is -0.474. The number of quaternary nitrogens is 1. The van der Waals surface area contributed by atoms with E-state index < -0.39 is 5.38 Å². The van der Waals surface area contributed by atoms with Crippen molar-refractivity contribution in [3.05, 3.63) is 12.1 Å². The first kappa shape index (κ1) is 20.7. The van der Waals surface area contributed by atoms with E-state index in [1.807, 2.05) is 17.0 Å². The van der Waals surface area contributed by atoms with E-state index in [1.165, 1.54) is 4.90 Å². The van der Waals surface area contributed by atoms with Crippen LogP contribution in [0.15, 0.2) is 12.1 Å². The van der Waals surface area contributed by atoms with Crippen molar-refractivity contribution >= 4 is 23.2 Å². The Kier molecular flexibility index (Phi) is 7.93. The third-order valence-electron chi connectivity index (χ3n) is 4.09. The van der Waals surface area contributed by atoms with Crippen molar-refractivity contribution in [1.82, 2.24) is 4.90 Å². The molecule has 1 atom stereocenters. The molecular weight excluding hydrogens is 355 g/mol. The van der Waals surface area contributed by atoms with E-state index >= 15 is 0 Å². The van der Waals surface area contributed by atoms with Gasteiger partial charge in [-0.3, -0.25) is 9.69 Å². The maximum absolute atomic E-state index is 12.0. The number of nitrogens with zero attached hydrogens (tertiary/aromatic N) is 1.